The van der Waals surface area contributed by atoms with E-state index in [2.05, 4.69) is 10.2 Å². The van der Waals surface area contributed by atoms with Crippen molar-refractivity contribution in [2.24, 2.45) is 0 Å². The minimum absolute atomic E-state index is 0.184. The summed E-state index contributed by atoms with van der Waals surface area (Å²) in [6.07, 6.45) is -0.546. The van der Waals surface area contributed by atoms with Crippen molar-refractivity contribution in [1.82, 2.24) is 5.32 Å². The van der Waals surface area contributed by atoms with Crippen molar-refractivity contribution in [3.63, 3.8) is 0 Å². The van der Waals surface area contributed by atoms with Gasteiger partial charge in [-0.3, -0.25) is 9.69 Å². The van der Waals surface area contributed by atoms with E-state index in [-0.39, 0.29) is 31.2 Å². The van der Waals surface area contributed by atoms with Crippen LogP contribution in [-0.4, -0.2) is 61.6 Å². The van der Waals surface area contributed by atoms with Gasteiger partial charge in [-0.25, -0.2) is 4.79 Å². The smallest absolute Gasteiger partial charge is 0.415 e. The molecular formula is C20H20ClN3O5S. The number of carbonyl (C=O) groups excluding carboxylic acids is 2. The molecule has 2 N–H and O–H groups in total. The number of benzene rings is 1. The zero-order chi connectivity index (χ0) is 20.8. The van der Waals surface area contributed by atoms with E-state index in [0.29, 0.717) is 27.2 Å². The fourth-order valence-electron chi connectivity index (χ4n) is 4.09. The maximum Gasteiger partial charge on any atom is 0.415 e. The van der Waals surface area contributed by atoms with E-state index >= 15 is 0 Å². The van der Waals surface area contributed by atoms with Gasteiger partial charge in [0, 0.05) is 24.8 Å². The number of aliphatic hydroxyl groups excluding tert-OH is 1. The molecule has 0 unspecified atom stereocenters. The molecule has 10 heteroatoms. The molecule has 2 fully saturated rings. The molecule has 2 saturated heterocycles. The van der Waals surface area contributed by atoms with Crippen LogP contribution in [-0.2, 0) is 4.74 Å². The van der Waals surface area contributed by atoms with Gasteiger partial charge in [-0.15, -0.1) is 11.3 Å². The second kappa shape index (κ2) is 7.64. The highest BCUT2D eigenvalue weighted by Crippen LogP contribution is 2.41. The number of carbonyl (C=O) groups is 2. The Bertz CT molecular complexity index is 999. The Morgan fingerprint density at radius 1 is 1.33 bits per heavy atom. The molecule has 0 radical (unpaired) electrons. The fraction of sp³-hybridized carbons (Fsp3) is 0.400. The Kier molecular flexibility index (Phi) is 4.96. The number of hydrogen-bond donors (Lipinski definition) is 2. The lowest BCUT2D eigenvalue weighted by atomic mass is 10.1. The van der Waals surface area contributed by atoms with Crippen molar-refractivity contribution < 1.29 is 24.2 Å². The van der Waals surface area contributed by atoms with Crippen LogP contribution in [0.5, 0.6) is 5.75 Å². The Labute approximate surface area is 181 Å². The first-order chi connectivity index (χ1) is 14.5. The summed E-state index contributed by atoms with van der Waals surface area (Å²) < 4.78 is 12.0. The highest BCUT2D eigenvalue weighted by atomic mass is 35.5. The molecule has 0 spiro atoms. The van der Waals surface area contributed by atoms with Crippen molar-refractivity contribution in [3.8, 4) is 5.75 Å². The van der Waals surface area contributed by atoms with Gasteiger partial charge in [0.25, 0.3) is 5.91 Å². The molecule has 3 aliphatic heterocycles. The van der Waals surface area contributed by atoms with E-state index in [1.807, 2.05) is 18.2 Å². The lowest BCUT2D eigenvalue weighted by molar-refractivity contribution is 0.0890. The number of amides is 2. The second-order valence-corrected chi connectivity index (χ2v) is 9.24. The Balaban J connectivity index is 1.29. The van der Waals surface area contributed by atoms with Crippen LogP contribution in [0.3, 0.4) is 0 Å². The monoisotopic (exact) mass is 449 g/mol. The van der Waals surface area contributed by atoms with Crippen molar-refractivity contribution in [2.45, 2.75) is 24.7 Å². The van der Waals surface area contributed by atoms with Gasteiger partial charge in [-0.1, -0.05) is 11.6 Å². The molecule has 0 bridgehead atoms. The molecule has 0 aliphatic carbocycles. The number of β-amino-alcohol motifs (C(OH)–C–C–N with tert-alkyl or cyclic N) is 1. The van der Waals surface area contributed by atoms with Gasteiger partial charge < -0.3 is 24.8 Å². The van der Waals surface area contributed by atoms with Gasteiger partial charge in [0.05, 0.1) is 27.5 Å². The molecular weight excluding hydrogens is 430 g/mol. The molecule has 1 aromatic heterocycles. The molecule has 2 amide bonds. The van der Waals surface area contributed by atoms with Crippen LogP contribution in [0.15, 0.2) is 30.3 Å². The topological polar surface area (TPSA) is 91.3 Å². The zero-order valence-electron chi connectivity index (χ0n) is 15.9. The van der Waals surface area contributed by atoms with Gasteiger partial charge in [0.2, 0.25) is 0 Å². The first kappa shape index (κ1) is 19.5. The number of anilines is 2. The number of halogens is 1. The number of ether oxygens (including phenoxy) is 2. The second-order valence-electron chi connectivity index (χ2n) is 7.52. The lowest BCUT2D eigenvalue weighted by Gasteiger charge is -2.32. The van der Waals surface area contributed by atoms with Gasteiger partial charge in [-0.2, -0.15) is 0 Å². The summed E-state index contributed by atoms with van der Waals surface area (Å²) in [5.74, 6) is 0.357. The third kappa shape index (κ3) is 3.46. The van der Waals surface area contributed by atoms with Crippen LogP contribution in [0, 0.1) is 0 Å². The minimum Gasteiger partial charge on any atom is -0.489 e. The quantitative estimate of drug-likeness (QED) is 0.745. The summed E-state index contributed by atoms with van der Waals surface area (Å²) in [4.78, 5) is 29.0. The van der Waals surface area contributed by atoms with Crippen molar-refractivity contribution in [3.05, 3.63) is 39.5 Å². The molecule has 30 heavy (non-hydrogen) atoms. The summed E-state index contributed by atoms with van der Waals surface area (Å²) >= 11 is 7.08. The molecule has 158 valence electrons. The maximum atomic E-state index is 12.6. The average Bonchev–Trinajstić information content (AvgIpc) is 3.45. The SMILES string of the molecule is O=C(NC[C@@H]1OC(=O)N2c3ccc(N4CC[C@H](O)C4)cc3OC[C@@H]12)c1ccc(Cl)s1. The molecule has 5 rings (SSSR count). The molecule has 1 aromatic carbocycles. The molecule has 0 saturated carbocycles. The number of rotatable bonds is 4. The van der Waals surface area contributed by atoms with Gasteiger partial charge in [0.15, 0.2) is 0 Å². The third-order valence-electron chi connectivity index (χ3n) is 5.61. The summed E-state index contributed by atoms with van der Waals surface area (Å²) in [5, 5.41) is 12.6. The Hall–Kier alpha value is -2.49. The summed E-state index contributed by atoms with van der Waals surface area (Å²) in [6.45, 7) is 1.83. The molecule has 8 nitrogen and oxygen atoms in total. The van der Waals surface area contributed by atoms with E-state index in [9.17, 15) is 14.7 Å². The van der Waals surface area contributed by atoms with Crippen LogP contribution >= 0.6 is 22.9 Å². The number of cyclic esters (lactones) is 1. The van der Waals surface area contributed by atoms with Crippen molar-refractivity contribution in [1.29, 1.82) is 0 Å². The molecule has 4 heterocycles. The van der Waals surface area contributed by atoms with E-state index in [1.165, 1.54) is 11.3 Å². The number of nitrogens with zero attached hydrogens (tertiary/aromatic N) is 2. The number of aliphatic hydroxyl groups is 1. The Morgan fingerprint density at radius 2 is 2.20 bits per heavy atom. The molecule has 2 aromatic rings. The number of thiophene rings is 1. The van der Waals surface area contributed by atoms with Gasteiger partial charge in [0.1, 0.15) is 24.5 Å². The molecule has 3 atom stereocenters. The van der Waals surface area contributed by atoms with E-state index in [4.69, 9.17) is 21.1 Å². The van der Waals surface area contributed by atoms with Crippen LogP contribution in [0.1, 0.15) is 16.1 Å². The minimum atomic E-state index is -0.515. The van der Waals surface area contributed by atoms with Crippen LogP contribution in [0.2, 0.25) is 4.34 Å². The van der Waals surface area contributed by atoms with Crippen LogP contribution in [0.25, 0.3) is 0 Å². The summed E-state index contributed by atoms with van der Waals surface area (Å²) in [6, 6.07) is 8.67. The van der Waals surface area contributed by atoms with Gasteiger partial charge in [-0.05, 0) is 30.7 Å². The standard InChI is InChI=1S/C20H20ClN3O5S/c21-18-4-3-17(30-18)19(26)22-8-16-14-10-28-15-7-11(23-6-5-12(25)9-23)1-2-13(15)24(14)20(27)29-16/h1-4,7,12,14,16,25H,5-6,8-10H2,(H,22,26)/t12-,14-,16-/m0/s1. The predicted molar refractivity (Wildman–Crippen MR) is 113 cm³/mol. The number of fused-ring (bicyclic) bond motifs is 3. The van der Waals surface area contributed by atoms with E-state index < -0.39 is 12.2 Å². The normalized spacial score (nSPS) is 24.9. The van der Waals surface area contributed by atoms with E-state index in [0.717, 1.165) is 18.7 Å². The summed E-state index contributed by atoms with van der Waals surface area (Å²) in [5.41, 5.74) is 1.60. The number of hydrogen-bond acceptors (Lipinski definition) is 7. The largest absolute Gasteiger partial charge is 0.489 e. The van der Waals surface area contributed by atoms with E-state index in [1.54, 1.807) is 17.0 Å². The van der Waals surface area contributed by atoms with Crippen LogP contribution in [0.4, 0.5) is 16.2 Å². The number of nitrogens with one attached hydrogen (secondary N) is 1. The predicted octanol–water partition coefficient (Wildman–Crippen LogP) is 2.49. The Morgan fingerprint density at radius 3 is 2.93 bits per heavy atom. The zero-order valence-corrected chi connectivity index (χ0v) is 17.5. The van der Waals surface area contributed by atoms with Crippen molar-refractivity contribution >= 4 is 46.3 Å². The first-order valence-corrected chi connectivity index (χ1v) is 10.9. The lowest BCUT2D eigenvalue weighted by Crippen LogP contribution is -2.47. The maximum absolute atomic E-state index is 12.6. The molecule has 3 aliphatic rings. The van der Waals surface area contributed by atoms with Crippen molar-refractivity contribution in [2.75, 3.05) is 36.0 Å². The highest BCUT2D eigenvalue weighted by Gasteiger charge is 2.46. The van der Waals surface area contributed by atoms with Crippen LogP contribution < -0.4 is 19.9 Å². The first-order valence-electron chi connectivity index (χ1n) is 9.73. The fourth-order valence-corrected chi connectivity index (χ4v) is 5.04. The highest BCUT2D eigenvalue weighted by molar-refractivity contribution is 7.18. The average molecular weight is 450 g/mol. The summed E-state index contributed by atoms with van der Waals surface area (Å²) in [7, 11) is 0. The third-order valence-corrected chi connectivity index (χ3v) is 6.84. The van der Waals surface area contributed by atoms with Gasteiger partial charge >= 0.3 is 6.09 Å².